The van der Waals surface area contributed by atoms with E-state index in [-0.39, 0.29) is 6.04 Å². The monoisotopic (exact) mass is 338 g/mol. The zero-order valence-electron chi connectivity index (χ0n) is 10.4. The third-order valence-corrected chi connectivity index (χ3v) is 4.19. The molecular formula is C15H16BrClN2. The highest BCUT2D eigenvalue weighted by molar-refractivity contribution is 9.10. The van der Waals surface area contributed by atoms with Crippen LogP contribution in [0.15, 0.2) is 53.0 Å². The van der Waals surface area contributed by atoms with Gasteiger partial charge < -0.3 is 11.1 Å². The summed E-state index contributed by atoms with van der Waals surface area (Å²) in [6, 6.07) is 16.3. The standard InChI is InChI=1S/C15H16BrClN2/c16-13-8-12(6-7-14(13)17)15(9-18)19-10-11-4-2-1-3-5-11/h1-8,15,19H,9-10,18H2. The van der Waals surface area contributed by atoms with Crippen molar-refractivity contribution in [1.82, 2.24) is 5.32 Å². The minimum Gasteiger partial charge on any atom is -0.329 e. The lowest BCUT2D eigenvalue weighted by molar-refractivity contribution is 0.542. The Kier molecular flexibility index (Phi) is 5.40. The van der Waals surface area contributed by atoms with Gasteiger partial charge in [0.15, 0.2) is 0 Å². The molecule has 3 N–H and O–H groups in total. The second kappa shape index (κ2) is 7.06. The molecular weight excluding hydrogens is 324 g/mol. The van der Waals surface area contributed by atoms with Crippen LogP contribution in [0.2, 0.25) is 5.02 Å². The molecule has 2 rings (SSSR count). The van der Waals surface area contributed by atoms with Crippen molar-refractivity contribution in [2.45, 2.75) is 12.6 Å². The number of hydrogen-bond donors (Lipinski definition) is 2. The first-order valence-electron chi connectivity index (χ1n) is 6.13. The van der Waals surface area contributed by atoms with E-state index in [9.17, 15) is 0 Å². The lowest BCUT2D eigenvalue weighted by atomic mass is 10.1. The van der Waals surface area contributed by atoms with Crippen LogP contribution in [0, 0.1) is 0 Å². The Balaban J connectivity index is 2.05. The van der Waals surface area contributed by atoms with Crippen LogP contribution in [0.1, 0.15) is 17.2 Å². The Morgan fingerprint density at radius 2 is 1.89 bits per heavy atom. The molecule has 0 amide bonds. The number of nitrogens with one attached hydrogen (secondary N) is 1. The van der Waals surface area contributed by atoms with E-state index in [2.05, 4.69) is 33.4 Å². The summed E-state index contributed by atoms with van der Waals surface area (Å²) in [5.41, 5.74) is 8.22. The normalized spacial score (nSPS) is 12.4. The fourth-order valence-electron chi connectivity index (χ4n) is 1.90. The summed E-state index contributed by atoms with van der Waals surface area (Å²) in [4.78, 5) is 0. The molecule has 2 aromatic rings. The third-order valence-electron chi connectivity index (χ3n) is 2.98. The molecule has 19 heavy (non-hydrogen) atoms. The summed E-state index contributed by atoms with van der Waals surface area (Å²) in [5.74, 6) is 0. The molecule has 0 fully saturated rings. The van der Waals surface area contributed by atoms with Gasteiger partial charge in [-0.3, -0.25) is 0 Å². The molecule has 0 aliphatic rings. The van der Waals surface area contributed by atoms with E-state index >= 15 is 0 Å². The van der Waals surface area contributed by atoms with E-state index in [1.165, 1.54) is 5.56 Å². The van der Waals surface area contributed by atoms with Crippen LogP contribution < -0.4 is 11.1 Å². The van der Waals surface area contributed by atoms with Gasteiger partial charge >= 0.3 is 0 Å². The molecule has 2 nitrogen and oxygen atoms in total. The van der Waals surface area contributed by atoms with Gasteiger partial charge in [-0.25, -0.2) is 0 Å². The first kappa shape index (κ1) is 14.5. The van der Waals surface area contributed by atoms with Crippen LogP contribution >= 0.6 is 27.5 Å². The van der Waals surface area contributed by atoms with E-state index in [0.717, 1.165) is 16.6 Å². The summed E-state index contributed by atoms with van der Waals surface area (Å²) in [7, 11) is 0. The lowest BCUT2D eigenvalue weighted by Crippen LogP contribution is -2.27. The van der Waals surface area contributed by atoms with Gasteiger partial charge in [0, 0.05) is 23.6 Å². The highest BCUT2D eigenvalue weighted by Gasteiger charge is 2.10. The predicted molar refractivity (Wildman–Crippen MR) is 84.2 cm³/mol. The van der Waals surface area contributed by atoms with Crippen molar-refractivity contribution >= 4 is 27.5 Å². The zero-order chi connectivity index (χ0) is 13.7. The van der Waals surface area contributed by atoms with Crippen molar-refractivity contribution in [3.8, 4) is 0 Å². The molecule has 0 aliphatic heterocycles. The maximum atomic E-state index is 6.00. The SMILES string of the molecule is NCC(NCc1ccccc1)c1ccc(Cl)c(Br)c1. The summed E-state index contributed by atoms with van der Waals surface area (Å²) in [6.07, 6.45) is 0. The van der Waals surface area contributed by atoms with Gasteiger partial charge in [0.2, 0.25) is 0 Å². The summed E-state index contributed by atoms with van der Waals surface area (Å²) in [5, 5.41) is 4.17. The second-order valence-electron chi connectivity index (χ2n) is 4.33. The van der Waals surface area contributed by atoms with Crippen molar-refractivity contribution in [3.05, 3.63) is 69.2 Å². The van der Waals surface area contributed by atoms with Crippen LogP contribution in [0.5, 0.6) is 0 Å². The molecule has 0 heterocycles. The predicted octanol–water partition coefficient (Wildman–Crippen LogP) is 3.89. The fraction of sp³-hybridized carbons (Fsp3) is 0.200. The van der Waals surface area contributed by atoms with Crippen LogP contribution in [0.3, 0.4) is 0 Å². The number of halogens is 2. The summed E-state index contributed by atoms with van der Waals surface area (Å²) >= 11 is 9.44. The van der Waals surface area contributed by atoms with Gasteiger partial charge in [-0.05, 0) is 39.2 Å². The van der Waals surface area contributed by atoms with Crippen molar-refractivity contribution < 1.29 is 0 Å². The lowest BCUT2D eigenvalue weighted by Gasteiger charge is -2.18. The van der Waals surface area contributed by atoms with Gasteiger partial charge in [0.1, 0.15) is 0 Å². The van der Waals surface area contributed by atoms with Gasteiger partial charge in [-0.15, -0.1) is 0 Å². The van der Waals surface area contributed by atoms with Crippen LogP contribution in [0.25, 0.3) is 0 Å². The highest BCUT2D eigenvalue weighted by Crippen LogP contribution is 2.26. The molecule has 4 heteroatoms. The van der Waals surface area contributed by atoms with Gasteiger partial charge in [0.25, 0.3) is 0 Å². The van der Waals surface area contributed by atoms with Gasteiger partial charge in [-0.1, -0.05) is 48.0 Å². The third kappa shape index (κ3) is 4.05. The smallest absolute Gasteiger partial charge is 0.0548 e. The largest absolute Gasteiger partial charge is 0.329 e. The van der Waals surface area contributed by atoms with Crippen LogP contribution in [-0.2, 0) is 6.54 Å². The summed E-state index contributed by atoms with van der Waals surface area (Å²) in [6.45, 7) is 1.34. The van der Waals surface area contributed by atoms with Gasteiger partial charge in [0.05, 0.1) is 5.02 Å². The molecule has 0 bridgehead atoms. The topological polar surface area (TPSA) is 38.0 Å². The first-order valence-corrected chi connectivity index (χ1v) is 7.30. The maximum Gasteiger partial charge on any atom is 0.0548 e. The molecule has 0 radical (unpaired) electrons. The minimum atomic E-state index is 0.119. The highest BCUT2D eigenvalue weighted by atomic mass is 79.9. The number of benzene rings is 2. The average molecular weight is 340 g/mol. The van der Waals surface area contributed by atoms with Crippen LogP contribution in [-0.4, -0.2) is 6.54 Å². The Bertz CT molecular complexity index is 531. The van der Waals surface area contributed by atoms with E-state index in [4.69, 9.17) is 17.3 Å². The second-order valence-corrected chi connectivity index (χ2v) is 5.59. The Morgan fingerprint density at radius 1 is 1.16 bits per heavy atom. The molecule has 0 saturated carbocycles. The Labute approximate surface area is 127 Å². The van der Waals surface area contributed by atoms with E-state index in [1.807, 2.05) is 36.4 Å². The molecule has 2 aromatic carbocycles. The number of nitrogens with two attached hydrogens (primary N) is 1. The van der Waals surface area contributed by atoms with Gasteiger partial charge in [-0.2, -0.15) is 0 Å². The van der Waals surface area contributed by atoms with Crippen molar-refractivity contribution in [2.24, 2.45) is 5.73 Å². The summed E-state index contributed by atoms with van der Waals surface area (Å²) < 4.78 is 0.895. The molecule has 0 saturated heterocycles. The van der Waals surface area contributed by atoms with Crippen molar-refractivity contribution in [3.63, 3.8) is 0 Å². The Morgan fingerprint density at radius 3 is 2.53 bits per heavy atom. The van der Waals surface area contributed by atoms with Crippen molar-refractivity contribution in [2.75, 3.05) is 6.54 Å². The number of hydrogen-bond acceptors (Lipinski definition) is 2. The Hall–Kier alpha value is -0.870. The quantitative estimate of drug-likeness (QED) is 0.867. The van der Waals surface area contributed by atoms with Crippen molar-refractivity contribution in [1.29, 1.82) is 0 Å². The minimum absolute atomic E-state index is 0.119. The molecule has 100 valence electrons. The maximum absolute atomic E-state index is 6.00. The van der Waals surface area contributed by atoms with Crippen LogP contribution in [0.4, 0.5) is 0 Å². The molecule has 1 atom stereocenters. The van der Waals surface area contributed by atoms with E-state index in [0.29, 0.717) is 11.6 Å². The molecule has 0 aromatic heterocycles. The average Bonchev–Trinajstić information content (AvgIpc) is 2.44. The molecule has 0 spiro atoms. The number of rotatable bonds is 5. The van der Waals surface area contributed by atoms with E-state index < -0.39 is 0 Å². The fourth-order valence-corrected chi connectivity index (χ4v) is 2.42. The first-order chi connectivity index (χ1) is 9.20. The molecule has 0 aliphatic carbocycles. The zero-order valence-corrected chi connectivity index (χ0v) is 12.8. The molecule has 1 unspecified atom stereocenters. The van der Waals surface area contributed by atoms with E-state index in [1.54, 1.807) is 0 Å².